The zero-order valence-corrected chi connectivity index (χ0v) is 16.9. The molecule has 130 valence electrons. The van der Waals surface area contributed by atoms with Gasteiger partial charge in [0.15, 0.2) is 0 Å². The fourth-order valence-electron chi connectivity index (χ4n) is 2.79. The van der Waals surface area contributed by atoms with Gasteiger partial charge in [0.2, 0.25) is 10.0 Å². The Morgan fingerprint density at radius 1 is 1.25 bits per heavy atom. The number of likely N-dealkylation sites (tertiary alicyclic amines) is 1. The minimum atomic E-state index is -3.50. The predicted octanol–water partition coefficient (Wildman–Crippen LogP) is 4.11. The number of thiophene rings is 1. The highest BCUT2D eigenvalue weighted by Gasteiger charge is 2.26. The van der Waals surface area contributed by atoms with Crippen LogP contribution in [0.15, 0.2) is 45.1 Å². The Kier molecular flexibility index (Phi) is 6.00. The van der Waals surface area contributed by atoms with Crippen molar-refractivity contribution in [2.24, 2.45) is 0 Å². The number of nitrogens with zero attached hydrogens (tertiary/aromatic N) is 1. The van der Waals surface area contributed by atoms with Crippen LogP contribution in [0.3, 0.4) is 0 Å². The van der Waals surface area contributed by atoms with E-state index < -0.39 is 10.0 Å². The molecule has 0 saturated carbocycles. The molecule has 0 amide bonds. The van der Waals surface area contributed by atoms with Crippen molar-refractivity contribution >= 4 is 48.9 Å². The summed E-state index contributed by atoms with van der Waals surface area (Å²) >= 11 is 10.3. The summed E-state index contributed by atoms with van der Waals surface area (Å²) in [6.07, 6.45) is 1.62. The Morgan fingerprint density at radius 2 is 1.92 bits per heavy atom. The number of halogens is 2. The molecule has 24 heavy (non-hydrogen) atoms. The van der Waals surface area contributed by atoms with E-state index in [2.05, 4.69) is 37.7 Å². The van der Waals surface area contributed by atoms with Gasteiger partial charge in [-0.25, -0.2) is 13.1 Å². The lowest BCUT2D eigenvalue weighted by atomic mass is 10.1. The van der Waals surface area contributed by atoms with Crippen LogP contribution in [-0.4, -0.2) is 32.4 Å². The van der Waals surface area contributed by atoms with E-state index in [-0.39, 0.29) is 10.3 Å². The van der Waals surface area contributed by atoms with Gasteiger partial charge in [-0.2, -0.15) is 0 Å². The zero-order valence-electron chi connectivity index (χ0n) is 12.9. The van der Waals surface area contributed by atoms with Crippen LogP contribution >= 0.6 is 38.9 Å². The quantitative estimate of drug-likeness (QED) is 0.747. The van der Waals surface area contributed by atoms with Gasteiger partial charge < -0.3 is 0 Å². The Labute approximate surface area is 160 Å². The molecule has 1 aliphatic rings. The molecule has 0 bridgehead atoms. The second-order valence-corrected chi connectivity index (χ2v) is 10.3. The first kappa shape index (κ1) is 18.4. The summed E-state index contributed by atoms with van der Waals surface area (Å²) < 4.78 is 29.0. The molecular weight excluding hydrogens is 432 g/mol. The van der Waals surface area contributed by atoms with E-state index in [9.17, 15) is 8.42 Å². The number of benzene rings is 1. The first-order chi connectivity index (χ1) is 11.4. The van der Waals surface area contributed by atoms with E-state index in [1.807, 2.05) is 18.2 Å². The minimum Gasteiger partial charge on any atom is -0.299 e. The van der Waals surface area contributed by atoms with Crippen molar-refractivity contribution < 1.29 is 8.42 Å². The molecule has 1 aliphatic heterocycles. The van der Waals surface area contributed by atoms with Crippen molar-refractivity contribution in [3.8, 4) is 0 Å². The van der Waals surface area contributed by atoms with Gasteiger partial charge in [0.05, 0.1) is 0 Å². The molecule has 0 radical (unpaired) electrons. The van der Waals surface area contributed by atoms with Crippen LogP contribution in [-0.2, 0) is 16.6 Å². The standard InChI is InChI=1S/C16H18BrClN2O2S2/c17-14-10-15(23-16(14)18)24(21,22)19-13-6-8-20(9-7-13)11-12-4-2-1-3-5-12/h1-5,10,13,19H,6-9,11H2. The molecule has 8 heteroatoms. The average molecular weight is 450 g/mol. The zero-order chi connectivity index (χ0) is 17.2. The molecule has 2 heterocycles. The van der Waals surface area contributed by atoms with Gasteiger partial charge in [0.1, 0.15) is 8.55 Å². The third-order valence-corrected chi connectivity index (χ3v) is 8.51. The lowest BCUT2D eigenvalue weighted by Crippen LogP contribution is -2.44. The van der Waals surface area contributed by atoms with Crippen molar-refractivity contribution in [1.29, 1.82) is 0 Å². The molecule has 0 unspecified atom stereocenters. The molecule has 0 atom stereocenters. The minimum absolute atomic E-state index is 0.0262. The second kappa shape index (κ2) is 7.85. The van der Waals surface area contributed by atoms with Gasteiger partial charge in [0.25, 0.3) is 0 Å². The van der Waals surface area contributed by atoms with E-state index in [1.165, 1.54) is 5.56 Å². The third-order valence-electron chi connectivity index (χ3n) is 4.05. The molecule has 2 aromatic rings. The number of rotatable bonds is 5. The van der Waals surface area contributed by atoms with Crippen molar-refractivity contribution in [2.45, 2.75) is 29.6 Å². The SMILES string of the molecule is O=S(=O)(NC1CCN(Cc2ccccc2)CC1)c1cc(Br)c(Cl)s1. The van der Waals surface area contributed by atoms with Crippen molar-refractivity contribution in [3.63, 3.8) is 0 Å². The fraction of sp³-hybridized carbons (Fsp3) is 0.375. The predicted molar refractivity (Wildman–Crippen MR) is 102 cm³/mol. The van der Waals surface area contributed by atoms with E-state index in [4.69, 9.17) is 11.6 Å². The van der Waals surface area contributed by atoms with Crippen LogP contribution in [0.5, 0.6) is 0 Å². The molecule has 1 saturated heterocycles. The molecule has 1 N–H and O–H groups in total. The molecule has 1 aromatic carbocycles. The highest BCUT2D eigenvalue weighted by Crippen LogP contribution is 2.34. The smallest absolute Gasteiger partial charge is 0.250 e. The van der Waals surface area contributed by atoms with Gasteiger partial charge in [-0.3, -0.25) is 4.90 Å². The summed E-state index contributed by atoms with van der Waals surface area (Å²) in [6.45, 7) is 2.68. The van der Waals surface area contributed by atoms with E-state index >= 15 is 0 Å². The summed E-state index contributed by atoms with van der Waals surface area (Å²) in [5, 5.41) is 0. The maximum Gasteiger partial charge on any atom is 0.250 e. The largest absolute Gasteiger partial charge is 0.299 e. The van der Waals surface area contributed by atoms with Crippen LogP contribution in [0.2, 0.25) is 4.34 Å². The first-order valence-corrected chi connectivity index (χ1v) is 11.1. The van der Waals surface area contributed by atoms with E-state index in [0.717, 1.165) is 43.8 Å². The number of hydrogen-bond donors (Lipinski definition) is 1. The van der Waals surface area contributed by atoms with Crippen LogP contribution in [0.1, 0.15) is 18.4 Å². The molecule has 1 fully saturated rings. The van der Waals surface area contributed by atoms with Crippen LogP contribution in [0.25, 0.3) is 0 Å². The molecule has 3 rings (SSSR count). The van der Waals surface area contributed by atoms with Crippen LogP contribution < -0.4 is 4.72 Å². The highest BCUT2D eigenvalue weighted by molar-refractivity contribution is 9.10. The van der Waals surface area contributed by atoms with Gasteiger partial charge in [0, 0.05) is 30.1 Å². The van der Waals surface area contributed by atoms with Crippen molar-refractivity contribution in [2.75, 3.05) is 13.1 Å². The Morgan fingerprint density at radius 3 is 2.50 bits per heavy atom. The highest BCUT2D eigenvalue weighted by atomic mass is 79.9. The molecule has 1 aromatic heterocycles. The summed E-state index contributed by atoms with van der Waals surface area (Å²) in [5.41, 5.74) is 1.29. The lowest BCUT2D eigenvalue weighted by molar-refractivity contribution is 0.200. The number of nitrogens with one attached hydrogen (secondary N) is 1. The Balaban J connectivity index is 1.55. The van der Waals surface area contributed by atoms with Crippen molar-refractivity contribution in [1.82, 2.24) is 9.62 Å². The van der Waals surface area contributed by atoms with Gasteiger partial charge in [-0.1, -0.05) is 41.9 Å². The second-order valence-electron chi connectivity index (χ2n) is 5.84. The molecular formula is C16H18BrClN2O2S2. The van der Waals surface area contributed by atoms with E-state index in [1.54, 1.807) is 6.07 Å². The summed E-state index contributed by atoms with van der Waals surface area (Å²) in [5.74, 6) is 0. The monoisotopic (exact) mass is 448 g/mol. The maximum atomic E-state index is 12.4. The number of hydrogen-bond acceptors (Lipinski definition) is 4. The maximum absolute atomic E-state index is 12.4. The average Bonchev–Trinajstić information content (AvgIpc) is 2.90. The normalized spacial score (nSPS) is 17.2. The summed E-state index contributed by atoms with van der Waals surface area (Å²) in [7, 11) is -3.50. The van der Waals surface area contributed by atoms with Crippen LogP contribution in [0, 0.1) is 0 Å². The van der Waals surface area contributed by atoms with Crippen LogP contribution in [0.4, 0.5) is 0 Å². The number of piperidine rings is 1. The summed E-state index contributed by atoms with van der Waals surface area (Å²) in [4.78, 5) is 2.36. The lowest BCUT2D eigenvalue weighted by Gasteiger charge is -2.32. The van der Waals surface area contributed by atoms with Gasteiger partial charge in [-0.05, 0) is 40.4 Å². The topological polar surface area (TPSA) is 49.4 Å². The Bertz CT molecular complexity index is 768. The first-order valence-electron chi connectivity index (χ1n) is 7.67. The van der Waals surface area contributed by atoms with E-state index in [0.29, 0.717) is 8.81 Å². The molecule has 0 spiro atoms. The molecule has 0 aliphatic carbocycles. The molecule has 4 nitrogen and oxygen atoms in total. The Hall–Kier alpha value is -0.440. The summed E-state index contributed by atoms with van der Waals surface area (Å²) in [6, 6.07) is 11.9. The number of sulfonamides is 1. The fourth-order valence-corrected chi connectivity index (χ4v) is 6.41. The van der Waals surface area contributed by atoms with Crippen molar-refractivity contribution in [3.05, 3.63) is 50.8 Å². The van der Waals surface area contributed by atoms with Gasteiger partial charge in [-0.15, -0.1) is 11.3 Å². The third kappa shape index (κ3) is 4.59. The van der Waals surface area contributed by atoms with Gasteiger partial charge >= 0.3 is 0 Å².